The Balaban J connectivity index is 2.09. The second-order valence-electron chi connectivity index (χ2n) is 5.40. The molecule has 0 atom stereocenters. The van der Waals surface area contributed by atoms with Gasteiger partial charge in [-0.05, 0) is 26.3 Å². The first kappa shape index (κ1) is 14.7. The Hall–Kier alpha value is -1.69. The molecule has 0 spiro atoms. The van der Waals surface area contributed by atoms with Crippen molar-refractivity contribution in [2.45, 2.75) is 47.3 Å². The standard InChI is InChI=1S/C14H24N6/c1-5-20-14(17-10-18-20)9-19-12(4)16-8-13(19)7-15-6-11(2)3/h8,10-11,15H,5-7,9H2,1-4H3. The van der Waals surface area contributed by atoms with Crippen LogP contribution in [0.15, 0.2) is 12.5 Å². The van der Waals surface area contributed by atoms with Crippen molar-refractivity contribution in [3.63, 3.8) is 0 Å². The van der Waals surface area contributed by atoms with Gasteiger partial charge in [0.2, 0.25) is 0 Å². The van der Waals surface area contributed by atoms with E-state index in [1.807, 2.05) is 17.8 Å². The van der Waals surface area contributed by atoms with Gasteiger partial charge in [-0.3, -0.25) is 0 Å². The molecule has 6 nitrogen and oxygen atoms in total. The first-order chi connectivity index (χ1) is 9.61. The Bertz CT molecular complexity index is 540. The Morgan fingerprint density at radius 2 is 2.10 bits per heavy atom. The van der Waals surface area contributed by atoms with Gasteiger partial charge in [-0.2, -0.15) is 5.10 Å². The minimum Gasteiger partial charge on any atom is -0.323 e. The van der Waals surface area contributed by atoms with Crippen LogP contribution in [0.25, 0.3) is 0 Å². The summed E-state index contributed by atoms with van der Waals surface area (Å²) < 4.78 is 4.12. The number of nitrogens with zero attached hydrogens (tertiary/aromatic N) is 5. The molecular weight excluding hydrogens is 252 g/mol. The molecule has 0 unspecified atom stereocenters. The zero-order valence-corrected chi connectivity index (χ0v) is 12.8. The molecule has 0 saturated heterocycles. The highest BCUT2D eigenvalue weighted by Gasteiger charge is 2.10. The molecule has 2 rings (SSSR count). The fraction of sp³-hybridized carbons (Fsp3) is 0.643. The van der Waals surface area contributed by atoms with Crippen LogP contribution in [0.3, 0.4) is 0 Å². The van der Waals surface area contributed by atoms with Crippen molar-refractivity contribution in [3.05, 3.63) is 29.9 Å². The lowest BCUT2D eigenvalue weighted by atomic mass is 10.2. The lowest BCUT2D eigenvalue weighted by Crippen LogP contribution is -2.22. The van der Waals surface area contributed by atoms with E-state index >= 15 is 0 Å². The molecule has 2 heterocycles. The predicted octanol–water partition coefficient (Wildman–Crippen LogP) is 1.60. The second-order valence-corrected chi connectivity index (χ2v) is 5.40. The minimum atomic E-state index is 0.649. The summed E-state index contributed by atoms with van der Waals surface area (Å²) in [6.07, 6.45) is 3.55. The summed E-state index contributed by atoms with van der Waals surface area (Å²) in [5, 5.41) is 7.68. The number of nitrogens with one attached hydrogen (secondary N) is 1. The van der Waals surface area contributed by atoms with E-state index in [1.54, 1.807) is 6.33 Å². The summed E-state index contributed by atoms with van der Waals surface area (Å²) >= 11 is 0. The number of hydrogen-bond acceptors (Lipinski definition) is 4. The molecule has 0 aliphatic carbocycles. The van der Waals surface area contributed by atoms with Crippen molar-refractivity contribution in [1.82, 2.24) is 29.6 Å². The van der Waals surface area contributed by atoms with E-state index in [9.17, 15) is 0 Å². The highest BCUT2D eigenvalue weighted by molar-refractivity contribution is 5.07. The van der Waals surface area contributed by atoms with Crippen molar-refractivity contribution < 1.29 is 0 Å². The molecule has 2 aromatic rings. The summed E-state index contributed by atoms with van der Waals surface area (Å²) in [4.78, 5) is 8.75. The van der Waals surface area contributed by atoms with Gasteiger partial charge < -0.3 is 9.88 Å². The van der Waals surface area contributed by atoms with E-state index in [0.29, 0.717) is 5.92 Å². The average molecular weight is 276 g/mol. The summed E-state index contributed by atoms with van der Waals surface area (Å²) in [6, 6.07) is 0. The molecule has 1 N–H and O–H groups in total. The molecule has 2 aromatic heterocycles. The van der Waals surface area contributed by atoms with Crippen molar-refractivity contribution in [3.8, 4) is 0 Å². The second kappa shape index (κ2) is 6.65. The molecule has 0 fully saturated rings. The fourth-order valence-corrected chi connectivity index (χ4v) is 2.18. The van der Waals surface area contributed by atoms with Gasteiger partial charge in [-0.15, -0.1) is 0 Å². The molecule has 0 amide bonds. The van der Waals surface area contributed by atoms with Crippen molar-refractivity contribution in [2.75, 3.05) is 6.54 Å². The van der Waals surface area contributed by atoms with Crippen LogP contribution in [0.1, 0.15) is 38.1 Å². The van der Waals surface area contributed by atoms with Crippen molar-refractivity contribution >= 4 is 0 Å². The maximum Gasteiger partial charge on any atom is 0.146 e. The molecule has 6 heteroatoms. The third-order valence-corrected chi connectivity index (χ3v) is 3.29. The fourth-order valence-electron chi connectivity index (χ4n) is 2.18. The normalized spacial score (nSPS) is 11.4. The van der Waals surface area contributed by atoms with Crippen LogP contribution in [-0.4, -0.2) is 30.9 Å². The van der Waals surface area contributed by atoms with E-state index in [-0.39, 0.29) is 0 Å². The quantitative estimate of drug-likeness (QED) is 0.834. The van der Waals surface area contributed by atoms with Crippen LogP contribution < -0.4 is 5.32 Å². The molecule has 0 bridgehead atoms. The van der Waals surface area contributed by atoms with E-state index in [1.165, 1.54) is 5.69 Å². The van der Waals surface area contributed by atoms with Gasteiger partial charge in [0.15, 0.2) is 0 Å². The van der Waals surface area contributed by atoms with Gasteiger partial charge in [0, 0.05) is 19.3 Å². The largest absolute Gasteiger partial charge is 0.323 e. The third-order valence-electron chi connectivity index (χ3n) is 3.29. The monoisotopic (exact) mass is 276 g/mol. The summed E-state index contributed by atoms with van der Waals surface area (Å²) in [5.41, 5.74) is 1.19. The molecule has 0 radical (unpaired) electrons. The van der Waals surface area contributed by atoms with Crippen molar-refractivity contribution in [1.29, 1.82) is 0 Å². The lowest BCUT2D eigenvalue weighted by molar-refractivity contribution is 0.529. The van der Waals surface area contributed by atoms with Crippen molar-refractivity contribution in [2.24, 2.45) is 5.92 Å². The zero-order valence-electron chi connectivity index (χ0n) is 12.8. The van der Waals surface area contributed by atoms with E-state index in [4.69, 9.17) is 0 Å². The van der Waals surface area contributed by atoms with Crippen LogP contribution in [0.2, 0.25) is 0 Å². The van der Waals surface area contributed by atoms with Crippen LogP contribution in [-0.2, 0) is 19.6 Å². The molecule has 0 aliphatic heterocycles. The number of imidazole rings is 1. The first-order valence-electron chi connectivity index (χ1n) is 7.20. The van der Waals surface area contributed by atoms with Gasteiger partial charge in [-0.1, -0.05) is 13.8 Å². The SMILES string of the molecule is CCn1ncnc1Cn1c(CNCC(C)C)cnc1C. The number of rotatable bonds is 7. The first-order valence-corrected chi connectivity index (χ1v) is 7.20. The maximum absolute atomic E-state index is 4.42. The molecular formula is C14H24N6. The van der Waals surface area contributed by atoms with Crippen LogP contribution in [0.4, 0.5) is 0 Å². The smallest absolute Gasteiger partial charge is 0.146 e. The number of aromatic nitrogens is 5. The van der Waals surface area contributed by atoms with E-state index < -0.39 is 0 Å². The third kappa shape index (κ3) is 3.45. The highest BCUT2D eigenvalue weighted by Crippen LogP contribution is 2.08. The lowest BCUT2D eigenvalue weighted by Gasteiger charge is -2.12. The minimum absolute atomic E-state index is 0.649. The Labute approximate surface area is 120 Å². The summed E-state index contributed by atoms with van der Waals surface area (Å²) in [6.45, 7) is 11.9. The Morgan fingerprint density at radius 1 is 1.30 bits per heavy atom. The van der Waals surface area contributed by atoms with Crippen LogP contribution >= 0.6 is 0 Å². The molecule has 0 aromatic carbocycles. The maximum atomic E-state index is 4.42. The molecule has 110 valence electrons. The number of aryl methyl sites for hydroxylation is 2. The Kier molecular flexibility index (Phi) is 4.89. The van der Waals surface area contributed by atoms with Crippen LogP contribution in [0.5, 0.6) is 0 Å². The van der Waals surface area contributed by atoms with Crippen LogP contribution in [0, 0.1) is 12.8 Å². The zero-order chi connectivity index (χ0) is 14.5. The molecule has 0 saturated carbocycles. The van der Waals surface area contributed by atoms with E-state index in [0.717, 1.165) is 37.8 Å². The van der Waals surface area contributed by atoms with Gasteiger partial charge in [0.05, 0.1) is 12.2 Å². The van der Waals surface area contributed by atoms with Gasteiger partial charge in [0.25, 0.3) is 0 Å². The Morgan fingerprint density at radius 3 is 2.80 bits per heavy atom. The number of hydrogen-bond donors (Lipinski definition) is 1. The summed E-state index contributed by atoms with van der Waals surface area (Å²) in [7, 11) is 0. The topological polar surface area (TPSA) is 60.6 Å². The van der Waals surface area contributed by atoms with Gasteiger partial charge >= 0.3 is 0 Å². The molecule has 20 heavy (non-hydrogen) atoms. The average Bonchev–Trinajstić information content (AvgIpc) is 2.99. The highest BCUT2D eigenvalue weighted by atomic mass is 15.3. The predicted molar refractivity (Wildman–Crippen MR) is 78.3 cm³/mol. The van der Waals surface area contributed by atoms with Gasteiger partial charge in [-0.25, -0.2) is 14.6 Å². The molecule has 0 aliphatic rings. The van der Waals surface area contributed by atoms with Gasteiger partial charge in [0.1, 0.15) is 18.0 Å². The summed E-state index contributed by atoms with van der Waals surface area (Å²) in [5.74, 6) is 2.63. The van der Waals surface area contributed by atoms with E-state index in [2.05, 4.69) is 45.7 Å².